The molecule has 10 heteroatoms. The van der Waals surface area contributed by atoms with Crippen LogP contribution in [-0.2, 0) is 25.7 Å². The highest BCUT2D eigenvalue weighted by Gasteiger charge is 2.35. The zero-order chi connectivity index (χ0) is 37.3. The predicted molar refractivity (Wildman–Crippen MR) is 208 cm³/mol. The van der Waals surface area contributed by atoms with E-state index in [1.165, 1.54) is 29.5 Å². The quantitative estimate of drug-likeness (QED) is 0.179. The average Bonchev–Trinajstić information content (AvgIpc) is 4.01. The first-order chi connectivity index (χ1) is 26.3. The normalized spacial score (nSPS) is 20.1. The zero-order valence-corrected chi connectivity index (χ0v) is 32.2. The first-order valence-electron chi connectivity index (χ1n) is 19.3. The van der Waals surface area contributed by atoms with Crippen molar-refractivity contribution in [2.45, 2.75) is 56.7 Å². The van der Waals surface area contributed by atoms with Crippen LogP contribution in [0.4, 0.5) is 0 Å². The summed E-state index contributed by atoms with van der Waals surface area (Å²) in [6, 6.07) is 21.0. The number of rotatable bonds is 10. The van der Waals surface area contributed by atoms with Crippen LogP contribution in [0.1, 0.15) is 58.3 Å². The summed E-state index contributed by atoms with van der Waals surface area (Å²) in [7, 11) is 9.38. The smallest absolute Gasteiger partial charge is 0.204 e. The van der Waals surface area contributed by atoms with Gasteiger partial charge in [-0.2, -0.15) is 0 Å². The van der Waals surface area contributed by atoms with Gasteiger partial charge < -0.3 is 38.8 Å². The SMILES string of the molecule is COc1ccc2cc1Oc1ccc(cc1)C[C@H]1c3cc(c(OC)cc3CCN1C)Oc1c(OCC(O)CNCC3CC3)c(OC)cc3c1[C@H](C2)N(C)CC3. The molecule has 4 aromatic rings. The molecule has 0 radical (unpaired) electrons. The van der Waals surface area contributed by atoms with E-state index in [-0.39, 0.29) is 18.7 Å². The summed E-state index contributed by atoms with van der Waals surface area (Å²) in [6.45, 7) is 3.23. The van der Waals surface area contributed by atoms with Gasteiger partial charge in [-0.25, -0.2) is 0 Å². The average molecular weight is 736 g/mol. The van der Waals surface area contributed by atoms with E-state index in [1.54, 1.807) is 21.3 Å². The van der Waals surface area contributed by atoms with Crippen molar-refractivity contribution in [1.82, 2.24) is 15.1 Å². The van der Waals surface area contributed by atoms with Crippen molar-refractivity contribution in [3.63, 3.8) is 0 Å². The molecule has 0 spiro atoms. The van der Waals surface area contributed by atoms with Crippen LogP contribution in [-0.4, -0.2) is 89.2 Å². The van der Waals surface area contributed by atoms with Gasteiger partial charge in [-0.15, -0.1) is 0 Å². The number of aliphatic hydroxyl groups excluding tert-OH is 1. The second kappa shape index (κ2) is 15.7. The molecule has 1 saturated carbocycles. The lowest BCUT2D eigenvalue weighted by Gasteiger charge is -2.37. The fourth-order valence-electron chi connectivity index (χ4n) is 8.23. The van der Waals surface area contributed by atoms with Crippen molar-refractivity contribution in [1.29, 1.82) is 0 Å². The van der Waals surface area contributed by atoms with Crippen molar-refractivity contribution >= 4 is 0 Å². The van der Waals surface area contributed by atoms with Crippen molar-refractivity contribution in [3.05, 3.63) is 94.0 Å². The lowest BCUT2D eigenvalue weighted by atomic mass is 9.87. The third kappa shape index (κ3) is 7.57. The van der Waals surface area contributed by atoms with Crippen molar-refractivity contribution in [2.24, 2.45) is 5.92 Å². The van der Waals surface area contributed by atoms with Crippen LogP contribution in [0.2, 0.25) is 0 Å². The number of fused-ring (bicyclic) bond motifs is 2. The number of likely N-dealkylation sites (N-methyl/N-ethyl adjacent to an activating group) is 2. The number of ether oxygens (including phenoxy) is 6. The Kier molecular flexibility index (Phi) is 10.6. The lowest BCUT2D eigenvalue weighted by molar-refractivity contribution is 0.102. The van der Waals surface area contributed by atoms with Gasteiger partial charge in [0.15, 0.2) is 34.5 Å². The molecule has 2 N–H and O–H groups in total. The van der Waals surface area contributed by atoms with Crippen molar-refractivity contribution in [3.8, 4) is 46.0 Å². The first-order valence-corrected chi connectivity index (χ1v) is 19.3. The Hall–Kier alpha value is -4.48. The number of nitrogens with one attached hydrogen (secondary N) is 1. The molecule has 4 heterocycles. The third-order valence-corrected chi connectivity index (χ3v) is 11.6. The summed E-state index contributed by atoms with van der Waals surface area (Å²) < 4.78 is 38.1. The molecule has 1 unspecified atom stereocenters. The van der Waals surface area contributed by atoms with Gasteiger partial charge >= 0.3 is 0 Å². The van der Waals surface area contributed by atoms with E-state index in [0.29, 0.717) is 53.2 Å². The predicted octanol–water partition coefficient (Wildman–Crippen LogP) is 6.89. The number of methoxy groups -OCH3 is 3. The Morgan fingerprint density at radius 2 is 1.43 bits per heavy atom. The van der Waals surface area contributed by atoms with E-state index in [4.69, 9.17) is 28.4 Å². The van der Waals surface area contributed by atoms with Gasteiger partial charge in [0.05, 0.1) is 21.3 Å². The van der Waals surface area contributed by atoms with Gasteiger partial charge in [0.25, 0.3) is 0 Å². The molecule has 1 aliphatic carbocycles. The highest BCUT2D eigenvalue weighted by molar-refractivity contribution is 5.64. The summed E-state index contributed by atoms with van der Waals surface area (Å²) in [4.78, 5) is 4.79. The zero-order valence-electron chi connectivity index (χ0n) is 32.2. The van der Waals surface area contributed by atoms with Gasteiger partial charge in [0, 0.05) is 37.3 Å². The minimum atomic E-state index is -0.713. The van der Waals surface area contributed by atoms with E-state index in [0.717, 1.165) is 67.3 Å². The van der Waals surface area contributed by atoms with Gasteiger partial charge in [0.1, 0.15) is 18.5 Å². The van der Waals surface area contributed by atoms with Gasteiger partial charge in [-0.3, -0.25) is 9.80 Å². The molecule has 54 heavy (non-hydrogen) atoms. The number of hydrogen-bond donors (Lipinski definition) is 2. The molecule has 1 fully saturated rings. The van der Waals surface area contributed by atoms with E-state index >= 15 is 0 Å². The van der Waals surface area contributed by atoms with E-state index in [1.807, 2.05) is 18.2 Å². The monoisotopic (exact) mass is 735 g/mol. The highest BCUT2D eigenvalue weighted by atomic mass is 16.6. The Bertz CT molecular complexity index is 1960. The van der Waals surface area contributed by atoms with E-state index < -0.39 is 6.10 Å². The Morgan fingerprint density at radius 1 is 0.759 bits per heavy atom. The fraction of sp³-hybridized carbons (Fsp3) is 0.455. The van der Waals surface area contributed by atoms with Crippen LogP contribution in [0.5, 0.6) is 46.0 Å². The minimum absolute atomic E-state index is 0.0789. The molecule has 4 aliphatic heterocycles. The number of nitrogens with zero attached hydrogens (tertiary/aromatic N) is 2. The maximum atomic E-state index is 11.1. The Labute approximate surface area is 318 Å². The first kappa shape index (κ1) is 36.5. The number of hydrogen-bond acceptors (Lipinski definition) is 10. The minimum Gasteiger partial charge on any atom is -0.493 e. The summed E-state index contributed by atoms with van der Waals surface area (Å²) >= 11 is 0. The summed E-state index contributed by atoms with van der Waals surface area (Å²) in [5.74, 6) is 5.73. The molecule has 3 atom stereocenters. The molecule has 0 saturated heterocycles. The Morgan fingerprint density at radius 3 is 2.17 bits per heavy atom. The van der Waals surface area contributed by atoms with Crippen molar-refractivity contribution < 1.29 is 33.5 Å². The standard InChI is InChI=1S/C44H53N3O7/c1-46-16-14-30-21-38(50-4)40-23-34(30)35(46)18-27-8-11-33(12-9-27)53-39-20-29(10-13-37(39)49-3)19-36-42-31(15-17-47(36)2)22-41(51-5)43(44(42)54-40)52-26-32(48)25-45-24-28-6-7-28/h8-13,20-23,28,32,35-36,45,48H,6-7,14-19,24-26H2,1-5H3/t32?,35-,36-/m0/s1. The molecule has 9 rings (SSSR count). The van der Waals surface area contributed by atoms with Crippen LogP contribution < -0.4 is 33.7 Å². The van der Waals surface area contributed by atoms with Crippen LogP contribution in [0.15, 0.2) is 60.7 Å². The van der Waals surface area contributed by atoms with E-state index in [9.17, 15) is 5.11 Å². The maximum Gasteiger partial charge on any atom is 0.204 e. The van der Waals surface area contributed by atoms with Gasteiger partial charge in [0.2, 0.25) is 5.75 Å². The van der Waals surface area contributed by atoms with Gasteiger partial charge in [-0.05, 0) is 135 Å². The summed E-state index contributed by atoms with van der Waals surface area (Å²) in [6.07, 6.45) is 5.00. The molecule has 6 bridgehead atoms. The topological polar surface area (TPSA) is 94.1 Å². The van der Waals surface area contributed by atoms with E-state index in [2.05, 4.69) is 71.7 Å². The van der Waals surface area contributed by atoms with Crippen LogP contribution in [0.25, 0.3) is 0 Å². The molecule has 5 aliphatic rings. The summed E-state index contributed by atoms with van der Waals surface area (Å²) in [5.41, 5.74) is 6.94. The second-order valence-corrected chi connectivity index (χ2v) is 15.3. The molecule has 286 valence electrons. The Balaban J connectivity index is 1.28. The molecule has 0 amide bonds. The number of benzene rings is 4. The third-order valence-electron chi connectivity index (χ3n) is 11.6. The fourth-order valence-corrected chi connectivity index (χ4v) is 8.23. The molecule has 10 nitrogen and oxygen atoms in total. The summed E-state index contributed by atoms with van der Waals surface area (Å²) in [5, 5.41) is 14.5. The van der Waals surface area contributed by atoms with Crippen molar-refractivity contribution in [2.75, 3.05) is 68.2 Å². The second-order valence-electron chi connectivity index (χ2n) is 15.3. The maximum absolute atomic E-state index is 11.1. The number of aliphatic hydroxyl groups is 1. The molecular weight excluding hydrogens is 682 g/mol. The lowest BCUT2D eigenvalue weighted by Crippen LogP contribution is -2.34. The molecular formula is C44H53N3O7. The van der Waals surface area contributed by atoms with Crippen LogP contribution >= 0.6 is 0 Å². The van der Waals surface area contributed by atoms with Crippen LogP contribution in [0.3, 0.4) is 0 Å². The highest BCUT2D eigenvalue weighted by Crippen LogP contribution is 2.52. The molecule has 4 aromatic carbocycles. The van der Waals surface area contributed by atoms with Gasteiger partial charge in [-0.1, -0.05) is 18.2 Å². The van der Waals surface area contributed by atoms with Crippen LogP contribution in [0, 0.1) is 5.92 Å². The molecule has 0 aromatic heterocycles. The largest absolute Gasteiger partial charge is 0.493 e.